The molecule has 1 aliphatic rings. The highest BCUT2D eigenvalue weighted by atomic mass is 19.1. The second kappa shape index (κ2) is 12.8. The van der Waals surface area contributed by atoms with Crippen LogP contribution in [0.25, 0.3) is 0 Å². The average Bonchev–Trinajstić information content (AvgIpc) is 2.87. The second-order valence-electron chi connectivity index (χ2n) is 9.03. The van der Waals surface area contributed by atoms with Gasteiger partial charge < -0.3 is 20.8 Å². The molecule has 0 radical (unpaired) electrons. The monoisotopic (exact) mass is 456 g/mol. The van der Waals surface area contributed by atoms with E-state index in [1.807, 2.05) is 67.6 Å². The minimum Gasteiger partial charge on any atom is -0.388 e. The molecule has 1 amide bonds. The molecule has 4 N–H and O–H groups in total. The second-order valence-corrected chi connectivity index (χ2v) is 9.03. The molecule has 5 nitrogen and oxygen atoms in total. The first-order chi connectivity index (χ1) is 16.0. The Hall–Kier alpha value is -2.28. The van der Waals surface area contributed by atoms with Gasteiger partial charge in [-0.15, -0.1) is 0 Å². The van der Waals surface area contributed by atoms with Crippen LogP contribution in [-0.4, -0.2) is 41.4 Å². The lowest BCUT2D eigenvalue weighted by Crippen LogP contribution is -2.59. The number of alkyl halides is 1. The van der Waals surface area contributed by atoms with Crippen molar-refractivity contribution < 1.29 is 19.4 Å². The van der Waals surface area contributed by atoms with E-state index < -0.39 is 18.9 Å². The number of hydrogen-bond donors (Lipinski definition) is 4. The van der Waals surface area contributed by atoms with Gasteiger partial charge in [0.15, 0.2) is 0 Å². The largest absolute Gasteiger partial charge is 0.388 e. The highest BCUT2D eigenvalue weighted by molar-refractivity contribution is 5.75. The van der Waals surface area contributed by atoms with E-state index in [1.54, 1.807) is 0 Å². The van der Waals surface area contributed by atoms with Crippen molar-refractivity contribution >= 4 is 5.91 Å². The molecule has 6 heteroatoms. The first kappa shape index (κ1) is 25.3. The molecular formula is C27H37FN2O3. The van der Waals surface area contributed by atoms with Gasteiger partial charge in [-0.25, -0.2) is 4.39 Å². The molecule has 3 rings (SSSR count). The molecule has 0 bridgehead atoms. The van der Waals surface area contributed by atoms with Gasteiger partial charge in [-0.2, -0.15) is 0 Å². The molecule has 180 valence electrons. The molecule has 2 aromatic rings. The van der Waals surface area contributed by atoms with Crippen molar-refractivity contribution in [1.29, 1.82) is 0 Å². The van der Waals surface area contributed by atoms with Gasteiger partial charge in [-0.05, 0) is 48.6 Å². The molecule has 33 heavy (non-hydrogen) atoms. The summed E-state index contributed by atoms with van der Waals surface area (Å²) in [5.74, 6) is -0.0896. The van der Waals surface area contributed by atoms with Crippen LogP contribution in [0.2, 0.25) is 0 Å². The van der Waals surface area contributed by atoms with Crippen LogP contribution >= 0.6 is 0 Å². The smallest absolute Gasteiger partial charge is 0.219 e. The zero-order valence-corrected chi connectivity index (χ0v) is 19.4. The maximum Gasteiger partial charge on any atom is 0.219 e. The number of hydrogen-bond acceptors (Lipinski definition) is 4. The van der Waals surface area contributed by atoms with Crippen LogP contribution in [0.5, 0.6) is 0 Å². The Morgan fingerprint density at radius 2 is 1.48 bits per heavy atom. The number of rotatable bonds is 11. The average molecular weight is 457 g/mol. The quantitative estimate of drug-likeness (QED) is 0.411. The van der Waals surface area contributed by atoms with Gasteiger partial charge in [0.25, 0.3) is 0 Å². The SMILES string of the molecule is CCC(=O)N[C@@H]1CN[C@H](CF)[C@H](CCC(O)c2ccccc2)[C@@H]1CCC(O)c1ccccc1. The molecule has 1 fully saturated rings. The number of nitrogens with one attached hydrogen (secondary N) is 2. The van der Waals surface area contributed by atoms with Gasteiger partial charge in [-0.1, -0.05) is 67.6 Å². The van der Waals surface area contributed by atoms with Crippen molar-refractivity contribution in [1.82, 2.24) is 10.6 Å². The van der Waals surface area contributed by atoms with Crippen molar-refractivity contribution in [3.05, 3.63) is 71.8 Å². The zero-order valence-electron chi connectivity index (χ0n) is 19.4. The molecule has 2 aromatic carbocycles. The third-order valence-electron chi connectivity index (χ3n) is 6.93. The number of aliphatic hydroxyl groups excluding tert-OH is 2. The number of benzene rings is 2. The fraction of sp³-hybridized carbons (Fsp3) is 0.519. The van der Waals surface area contributed by atoms with E-state index in [0.29, 0.717) is 38.6 Å². The van der Waals surface area contributed by atoms with Crippen molar-refractivity contribution in [2.24, 2.45) is 11.8 Å². The van der Waals surface area contributed by atoms with Gasteiger partial charge in [0.05, 0.1) is 12.2 Å². The van der Waals surface area contributed by atoms with E-state index >= 15 is 0 Å². The summed E-state index contributed by atoms with van der Waals surface area (Å²) >= 11 is 0. The molecule has 1 heterocycles. The standard InChI is InChI=1S/C27H37FN2O3/c1-2-27(33)30-24-18-29-23(17-28)21(13-15-25(31)19-9-5-3-6-10-19)22(24)14-16-26(32)20-11-7-4-8-12-20/h3-12,21-26,29,31-32H,2,13-18H2,1H3,(H,30,33)/t21-,22+,23-,24-,25?,26?/m1/s1. The van der Waals surface area contributed by atoms with Gasteiger partial charge in [0.1, 0.15) is 6.67 Å². The Morgan fingerprint density at radius 3 is 1.97 bits per heavy atom. The van der Waals surface area contributed by atoms with Gasteiger partial charge >= 0.3 is 0 Å². The summed E-state index contributed by atoms with van der Waals surface area (Å²) < 4.78 is 14.0. The highest BCUT2D eigenvalue weighted by Gasteiger charge is 2.39. The summed E-state index contributed by atoms with van der Waals surface area (Å²) in [6, 6.07) is 18.6. The van der Waals surface area contributed by atoms with Gasteiger partial charge in [-0.3, -0.25) is 4.79 Å². The number of amides is 1. The van der Waals surface area contributed by atoms with Crippen LogP contribution < -0.4 is 10.6 Å². The predicted molar refractivity (Wildman–Crippen MR) is 128 cm³/mol. The molecule has 1 saturated heterocycles. The van der Waals surface area contributed by atoms with Crippen molar-refractivity contribution in [2.45, 2.75) is 63.3 Å². The maximum atomic E-state index is 14.0. The number of carbonyl (C=O) groups excluding carboxylic acids is 1. The molecule has 0 aromatic heterocycles. The predicted octanol–water partition coefficient (Wildman–Crippen LogP) is 4.08. The molecular weight excluding hydrogens is 419 g/mol. The van der Waals surface area contributed by atoms with Crippen LogP contribution in [0.4, 0.5) is 4.39 Å². The Balaban J connectivity index is 1.74. The summed E-state index contributed by atoms with van der Waals surface area (Å²) in [7, 11) is 0. The van der Waals surface area contributed by atoms with E-state index in [4.69, 9.17) is 0 Å². The van der Waals surface area contributed by atoms with E-state index in [2.05, 4.69) is 10.6 Å². The summed E-state index contributed by atoms with van der Waals surface area (Å²) in [6.07, 6.45) is 1.50. The van der Waals surface area contributed by atoms with Crippen molar-refractivity contribution in [2.75, 3.05) is 13.2 Å². The number of halogens is 1. The van der Waals surface area contributed by atoms with Crippen LogP contribution in [0, 0.1) is 11.8 Å². The van der Waals surface area contributed by atoms with E-state index in [9.17, 15) is 19.4 Å². The number of aliphatic hydroxyl groups is 2. The third-order valence-corrected chi connectivity index (χ3v) is 6.93. The molecule has 6 atom stereocenters. The fourth-order valence-electron chi connectivity index (χ4n) is 5.03. The third kappa shape index (κ3) is 7.10. The maximum absolute atomic E-state index is 14.0. The summed E-state index contributed by atoms with van der Waals surface area (Å²) in [5.41, 5.74) is 1.71. The lowest BCUT2D eigenvalue weighted by Gasteiger charge is -2.44. The molecule has 1 aliphatic heterocycles. The Morgan fingerprint density at radius 1 is 0.970 bits per heavy atom. The lowest BCUT2D eigenvalue weighted by molar-refractivity contribution is -0.122. The minimum atomic E-state index is -0.618. The van der Waals surface area contributed by atoms with E-state index in [-0.39, 0.29) is 29.8 Å². The van der Waals surface area contributed by atoms with Crippen LogP contribution in [0.1, 0.15) is 62.4 Å². The molecule has 2 unspecified atom stereocenters. The summed E-state index contributed by atoms with van der Waals surface area (Å²) in [5, 5.41) is 27.8. The van der Waals surface area contributed by atoms with Crippen LogP contribution in [-0.2, 0) is 4.79 Å². The fourth-order valence-corrected chi connectivity index (χ4v) is 5.03. The van der Waals surface area contributed by atoms with Crippen molar-refractivity contribution in [3.8, 4) is 0 Å². The van der Waals surface area contributed by atoms with Crippen LogP contribution in [0.3, 0.4) is 0 Å². The first-order valence-corrected chi connectivity index (χ1v) is 12.1. The normalized spacial score (nSPS) is 24.7. The summed E-state index contributed by atoms with van der Waals surface area (Å²) in [6.45, 7) is 1.82. The number of piperidine rings is 1. The lowest BCUT2D eigenvalue weighted by atomic mass is 9.72. The van der Waals surface area contributed by atoms with Crippen LogP contribution in [0.15, 0.2) is 60.7 Å². The highest BCUT2D eigenvalue weighted by Crippen LogP contribution is 2.36. The minimum absolute atomic E-state index is 0.00355. The molecule has 0 spiro atoms. The Kier molecular flexibility index (Phi) is 9.85. The van der Waals surface area contributed by atoms with Crippen molar-refractivity contribution in [3.63, 3.8) is 0 Å². The topological polar surface area (TPSA) is 81.6 Å². The van der Waals surface area contributed by atoms with E-state index in [0.717, 1.165) is 11.1 Å². The number of carbonyl (C=O) groups is 1. The Labute approximate surface area is 196 Å². The Bertz CT molecular complexity index is 836. The molecule has 0 aliphatic carbocycles. The van der Waals surface area contributed by atoms with Gasteiger partial charge in [0, 0.05) is 25.0 Å². The van der Waals surface area contributed by atoms with E-state index in [1.165, 1.54) is 0 Å². The first-order valence-electron chi connectivity index (χ1n) is 12.1. The summed E-state index contributed by atoms with van der Waals surface area (Å²) in [4.78, 5) is 12.2. The van der Waals surface area contributed by atoms with Gasteiger partial charge in [0.2, 0.25) is 5.91 Å². The molecule has 0 saturated carbocycles. The zero-order chi connectivity index (χ0) is 23.6.